The zero-order valence-corrected chi connectivity index (χ0v) is 17.0. The zero-order valence-electron chi connectivity index (χ0n) is 17.0. The van der Waals surface area contributed by atoms with E-state index in [1.54, 1.807) is 27.8 Å². The second-order valence-electron chi connectivity index (χ2n) is 7.34. The van der Waals surface area contributed by atoms with E-state index < -0.39 is 0 Å². The second-order valence-corrected chi connectivity index (χ2v) is 7.34. The van der Waals surface area contributed by atoms with Crippen LogP contribution in [0.25, 0.3) is 11.0 Å². The number of aryl methyl sites for hydroxylation is 2. The van der Waals surface area contributed by atoms with Gasteiger partial charge in [-0.1, -0.05) is 48.0 Å². The lowest BCUT2D eigenvalue weighted by Crippen LogP contribution is -2.28. The standard InChI is InChI=1S/C23H23N5O2/c1-16-6-5-8-18(12-16)14-27-15-25-21-20(23(27)30)13-26-28(21)11-10-24-22(29)19-9-4-3-7-17(19)2/h3-9,12-13,15H,10-11,14H2,1-2H3,(H,24,29). The Hall–Kier alpha value is -3.74. The highest BCUT2D eigenvalue weighted by molar-refractivity contribution is 5.95. The van der Waals surface area contributed by atoms with Crippen molar-refractivity contribution in [2.75, 3.05) is 6.54 Å². The predicted octanol–water partition coefficient (Wildman–Crippen LogP) is 2.69. The normalized spacial score (nSPS) is 11.0. The van der Waals surface area contributed by atoms with Crippen molar-refractivity contribution in [3.63, 3.8) is 0 Å². The van der Waals surface area contributed by atoms with Crippen LogP contribution >= 0.6 is 0 Å². The van der Waals surface area contributed by atoms with E-state index >= 15 is 0 Å². The van der Waals surface area contributed by atoms with Gasteiger partial charge in [-0.05, 0) is 31.0 Å². The Bertz CT molecular complexity index is 1270. The molecule has 0 bridgehead atoms. The number of carbonyl (C=O) groups is 1. The Balaban J connectivity index is 1.47. The molecule has 0 saturated heterocycles. The third kappa shape index (κ3) is 4.00. The summed E-state index contributed by atoms with van der Waals surface area (Å²) < 4.78 is 3.23. The summed E-state index contributed by atoms with van der Waals surface area (Å²) in [4.78, 5) is 29.6. The molecule has 7 nitrogen and oxygen atoms in total. The molecule has 1 N–H and O–H groups in total. The minimum atomic E-state index is -0.128. The van der Waals surface area contributed by atoms with Crippen molar-refractivity contribution in [2.45, 2.75) is 26.9 Å². The number of hydrogen-bond donors (Lipinski definition) is 1. The van der Waals surface area contributed by atoms with Crippen LogP contribution in [0.3, 0.4) is 0 Å². The van der Waals surface area contributed by atoms with Crippen LogP contribution < -0.4 is 10.9 Å². The molecule has 0 aliphatic rings. The molecule has 0 spiro atoms. The summed E-state index contributed by atoms with van der Waals surface area (Å²) >= 11 is 0. The molecule has 2 aromatic carbocycles. The Kier molecular flexibility index (Phi) is 5.43. The van der Waals surface area contributed by atoms with E-state index in [0.29, 0.717) is 36.2 Å². The van der Waals surface area contributed by atoms with Crippen LogP contribution in [0.5, 0.6) is 0 Å². The molecular formula is C23H23N5O2. The van der Waals surface area contributed by atoms with Crippen molar-refractivity contribution in [1.29, 1.82) is 0 Å². The van der Waals surface area contributed by atoms with Crippen molar-refractivity contribution in [1.82, 2.24) is 24.6 Å². The molecule has 4 aromatic rings. The van der Waals surface area contributed by atoms with Crippen LogP contribution in [0.15, 0.2) is 65.8 Å². The maximum absolute atomic E-state index is 12.8. The van der Waals surface area contributed by atoms with Gasteiger partial charge in [0.15, 0.2) is 5.65 Å². The number of nitrogens with zero attached hydrogens (tertiary/aromatic N) is 4. The van der Waals surface area contributed by atoms with Crippen molar-refractivity contribution in [3.8, 4) is 0 Å². The van der Waals surface area contributed by atoms with Gasteiger partial charge in [0.2, 0.25) is 0 Å². The minimum absolute atomic E-state index is 0.127. The molecule has 0 radical (unpaired) electrons. The fraction of sp³-hybridized carbons (Fsp3) is 0.217. The molecule has 0 aliphatic heterocycles. The molecule has 0 aliphatic carbocycles. The number of nitrogens with one attached hydrogen (secondary N) is 1. The summed E-state index contributed by atoms with van der Waals surface area (Å²) in [6.45, 7) is 5.20. The van der Waals surface area contributed by atoms with E-state index in [0.717, 1.165) is 16.7 Å². The van der Waals surface area contributed by atoms with Gasteiger partial charge in [0.1, 0.15) is 11.7 Å². The lowest BCUT2D eigenvalue weighted by molar-refractivity contribution is 0.0951. The molecule has 0 fully saturated rings. The predicted molar refractivity (Wildman–Crippen MR) is 116 cm³/mol. The monoisotopic (exact) mass is 401 g/mol. The third-order valence-corrected chi connectivity index (χ3v) is 5.06. The smallest absolute Gasteiger partial charge is 0.264 e. The van der Waals surface area contributed by atoms with Gasteiger partial charge >= 0.3 is 0 Å². The van der Waals surface area contributed by atoms with Crippen LogP contribution in [0.4, 0.5) is 0 Å². The van der Waals surface area contributed by atoms with Crippen molar-refractivity contribution < 1.29 is 4.79 Å². The molecule has 152 valence electrons. The maximum Gasteiger partial charge on any atom is 0.264 e. The van der Waals surface area contributed by atoms with Gasteiger partial charge in [-0.2, -0.15) is 5.10 Å². The molecule has 1 amide bonds. The van der Waals surface area contributed by atoms with Crippen molar-refractivity contribution in [3.05, 3.63) is 93.7 Å². The first-order chi connectivity index (χ1) is 14.5. The number of rotatable bonds is 6. The Morgan fingerprint density at radius 3 is 2.73 bits per heavy atom. The van der Waals surface area contributed by atoms with E-state index in [4.69, 9.17) is 0 Å². The zero-order chi connectivity index (χ0) is 21.1. The van der Waals surface area contributed by atoms with Crippen LogP contribution in [0.1, 0.15) is 27.0 Å². The number of fused-ring (bicyclic) bond motifs is 1. The molecule has 2 aromatic heterocycles. The molecular weight excluding hydrogens is 378 g/mol. The SMILES string of the molecule is Cc1cccc(Cn2cnc3c(cnn3CCNC(=O)c3ccccc3C)c2=O)c1. The van der Waals surface area contributed by atoms with E-state index in [2.05, 4.69) is 21.5 Å². The highest BCUT2D eigenvalue weighted by atomic mass is 16.1. The summed E-state index contributed by atoms with van der Waals surface area (Å²) in [7, 11) is 0. The number of hydrogen-bond acceptors (Lipinski definition) is 4. The minimum Gasteiger partial charge on any atom is -0.350 e. The molecule has 4 rings (SSSR count). The number of aromatic nitrogens is 4. The largest absolute Gasteiger partial charge is 0.350 e. The third-order valence-electron chi connectivity index (χ3n) is 5.06. The van der Waals surface area contributed by atoms with Crippen LogP contribution in [-0.2, 0) is 13.1 Å². The second kappa shape index (κ2) is 8.32. The average Bonchev–Trinajstić information content (AvgIpc) is 3.14. The molecule has 0 atom stereocenters. The molecule has 0 saturated carbocycles. The lowest BCUT2D eigenvalue weighted by atomic mass is 10.1. The summed E-state index contributed by atoms with van der Waals surface area (Å²) in [6.07, 6.45) is 3.09. The highest BCUT2D eigenvalue weighted by Gasteiger charge is 2.12. The summed E-state index contributed by atoms with van der Waals surface area (Å²) in [5.41, 5.74) is 4.16. The quantitative estimate of drug-likeness (QED) is 0.539. The van der Waals surface area contributed by atoms with E-state index in [9.17, 15) is 9.59 Å². The summed E-state index contributed by atoms with van der Waals surface area (Å²) in [5, 5.41) is 7.66. The van der Waals surface area contributed by atoms with Gasteiger partial charge in [0.25, 0.3) is 11.5 Å². The average molecular weight is 401 g/mol. The first kappa shape index (κ1) is 19.6. The van der Waals surface area contributed by atoms with Gasteiger partial charge in [-0.3, -0.25) is 14.2 Å². The van der Waals surface area contributed by atoms with Crippen molar-refractivity contribution >= 4 is 16.9 Å². The van der Waals surface area contributed by atoms with Gasteiger partial charge in [0.05, 0.1) is 19.3 Å². The van der Waals surface area contributed by atoms with Crippen LogP contribution in [0, 0.1) is 13.8 Å². The number of benzene rings is 2. The van der Waals surface area contributed by atoms with Gasteiger partial charge in [-0.25, -0.2) is 9.67 Å². The molecule has 0 unspecified atom stereocenters. The number of amides is 1. The molecule has 30 heavy (non-hydrogen) atoms. The number of carbonyl (C=O) groups excluding carboxylic acids is 1. The Morgan fingerprint density at radius 2 is 1.93 bits per heavy atom. The fourth-order valence-corrected chi connectivity index (χ4v) is 3.48. The van der Waals surface area contributed by atoms with Gasteiger partial charge < -0.3 is 5.32 Å². The van der Waals surface area contributed by atoms with Crippen LogP contribution in [0.2, 0.25) is 0 Å². The first-order valence-electron chi connectivity index (χ1n) is 9.83. The van der Waals surface area contributed by atoms with Gasteiger partial charge in [-0.15, -0.1) is 0 Å². The topological polar surface area (TPSA) is 81.8 Å². The van der Waals surface area contributed by atoms with Gasteiger partial charge in [0, 0.05) is 12.1 Å². The van der Waals surface area contributed by atoms with E-state index in [1.165, 1.54) is 0 Å². The summed E-state index contributed by atoms with van der Waals surface area (Å²) in [6, 6.07) is 15.5. The van der Waals surface area contributed by atoms with Crippen molar-refractivity contribution in [2.24, 2.45) is 0 Å². The first-order valence-corrected chi connectivity index (χ1v) is 9.83. The van der Waals surface area contributed by atoms with E-state index in [-0.39, 0.29) is 11.5 Å². The Labute approximate surface area is 174 Å². The van der Waals surface area contributed by atoms with E-state index in [1.807, 2.05) is 50.2 Å². The molecule has 7 heteroatoms. The fourth-order valence-electron chi connectivity index (χ4n) is 3.48. The lowest BCUT2D eigenvalue weighted by Gasteiger charge is -2.09. The summed E-state index contributed by atoms with van der Waals surface area (Å²) in [5.74, 6) is -0.127. The maximum atomic E-state index is 12.8. The Morgan fingerprint density at radius 1 is 1.10 bits per heavy atom. The van der Waals surface area contributed by atoms with Crippen LogP contribution in [-0.4, -0.2) is 31.8 Å². The molecule has 2 heterocycles. The highest BCUT2D eigenvalue weighted by Crippen LogP contribution is 2.09.